The van der Waals surface area contributed by atoms with Gasteiger partial charge < -0.3 is 10.1 Å². The van der Waals surface area contributed by atoms with E-state index in [2.05, 4.69) is 45.3 Å². The summed E-state index contributed by atoms with van der Waals surface area (Å²) in [7, 11) is 0. The number of hydrogen-bond acceptors (Lipinski definition) is 3. The summed E-state index contributed by atoms with van der Waals surface area (Å²) in [5.41, 5.74) is 2.30. The van der Waals surface area contributed by atoms with Gasteiger partial charge in [-0.3, -0.25) is 4.90 Å². The van der Waals surface area contributed by atoms with Crippen LogP contribution in [0.25, 0.3) is 0 Å². The first-order valence-electron chi connectivity index (χ1n) is 10.9. The Kier molecular flexibility index (Phi) is 6.52. The number of halogens is 3. The van der Waals surface area contributed by atoms with Gasteiger partial charge in [-0.1, -0.05) is 43.2 Å². The average Bonchev–Trinajstić information content (AvgIpc) is 2.75. The Morgan fingerprint density at radius 3 is 2.17 bits per heavy atom. The molecular formula is C24H29F3N2O. The fourth-order valence-electron chi connectivity index (χ4n) is 5.00. The molecule has 0 bridgehead atoms. The highest BCUT2D eigenvalue weighted by atomic mass is 19.4. The third kappa shape index (κ3) is 5.48. The summed E-state index contributed by atoms with van der Waals surface area (Å²) in [5, 5.41) is 3.47. The maximum Gasteiger partial charge on any atom is 0.573 e. The van der Waals surface area contributed by atoms with Gasteiger partial charge in [-0.2, -0.15) is 0 Å². The number of likely N-dealkylation sites (tertiary alicyclic amines) is 1. The van der Waals surface area contributed by atoms with E-state index in [0.717, 1.165) is 31.6 Å². The fourth-order valence-corrected chi connectivity index (χ4v) is 5.00. The Bertz CT molecular complexity index is 786. The van der Waals surface area contributed by atoms with Crippen LogP contribution >= 0.6 is 0 Å². The minimum absolute atomic E-state index is 0.188. The summed E-state index contributed by atoms with van der Waals surface area (Å²) in [6.45, 7) is 2.11. The van der Waals surface area contributed by atoms with E-state index in [1.165, 1.54) is 43.4 Å². The van der Waals surface area contributed by atoms with Gasteiger partial charge in [0.15, 0.2) is 0 Å². The van der Waals surface area contributed by atoms with Gasteiger partial charge in [-0.05, 0) is 61.4 Å². The Hall–Kier alpha value is -2.21. The van der Waals surface area contributed by atoms with Gasteiger partial charge in [0.1, 0.15) is 5.75 Å². The summed E-state index contributed by atoms with van der Waals surface area (Å²) in [5.74, 6) is 0.428. The molecule has 4 rings (SSSR count). The number of benzene rings is 2. The maximum atomic E-state index is 12.3. The second kappa shape index (κ2) is 9.29. The first-order valence-corrected chi connectivity index (χ1v) is 10.9. The smallest absolute Gasteiger partial charge is 0.406 e. The lowest BCUT2D eigenvalue weighted by atomic mass is 9.78. The van der Waals surface area contributed by atoms with Crippen LogP contribution in [0.2, 0.25) is 0 Å². The van der Waals surface area contributed by atoms with Crippen LogP contribution < -0.4 is 10.1 Å². The van der Waals surface area contributed by atoms with E-state index in [9.17, 15) is 13.2 Å². The van der Waals surface area contributed by atoms with Crippen LogP contribution in [0.4, 0.5) is 18.9 Å². The SMILES string of the molecule is FC(F)(F)Oc1ccc(NC2CCN([C@@H]3CCCC[C@@H]3c3ccccc3)CC2)cc1. The molecule has 1 aliphatic carbocycles. The Balaban J connectivity index is 1.31. The topological polar surface area (TPSA) is 24.5 Å². The molecule has 2 aliphatic rings. The molecule has 1 saturated carbocycles. The number of ether oxygens (including phenoxy) is 1. The summed E-state index contributed by atoms with van der Waals surface area (Å²) < 4.78 is 40.8. The first kappa shape index (κ1) is 21.0. The third-order valence-electron chi connectivity index (χ3n) is 6.41. The van der Waals surface area contributed by atoms with Crippen LogP contribution in [0.5, 0.6) is 5.75 Å². The molecule has 1 heterocycles. The molecular weight excluding hydrogens is 389 g/mol. The highest BCUT2D eigenvalue weighted by Crippen LogP contribution is 2.37. The molecule has 2 aromatic carbocycles. The normalized spacial score (nSPS) is 23.8. The number of piperidine rings is 1. The zero-order chi connectivity index (χ0) is 21.0. The third-order valence-corrected chi connectivity index (χ3v) is 6.41. The summed E-state index contributed by atoms with van der Waals surface area (Å²) in [6, 6.07) is 17.9. The molecule has 0 radical (unpaired) electrons. The molecule has 3 nitrogen and oxygen atoms in total. The number of alkyl halides is 3. The second-order valence-electron chi connectivity index (χ2n) is 8.40. The van der Waals surface area contributed by atoms with E-state index in [1.807, 2.05) is 0 Å². The monoisotopic (exact) mass is 418 g/mol. The van der Waals surface area contributed by atoms with Crippen LogP contribution in [0.15, 0.2) is 54.6 Å². The van der Waals surface area contributed by atoms with Crippen LogP contribution in [0, 0.1) is 0 Å². The number of nitrogens with one attached hydrogen (secondary N) is 1. The Morgan fingerprint density at radius 2 is 1.50 bits per heavy atom. The number of anilines is 1. The molecule has 0 unspecified atom stereocenters. The minimum Gasteiger partial charge on any atom is -0.406 e. The van der Waals surface area contributed by atoms with Crippen molar-refractivity contribution in [2.75, 3.05) is 18.4 Å². The molecule has 1 saturated heterocycles. The fraction of sp³-hybridized carbons (Fsp3) is 0.500. The van der Waals surface area contributed by atoms with E-state index in [0.29, 0.717) is 18.0 Å². The van der Waals surface area contributed by atoms with Gasteiger partial charge in [-0.25, -0.2) is 0 Å². The molecule has 6 heteroatoms. The van der Waals surface area contributed by atoms with Crippen molar-refractivity contribution in [3.63, 3.8) is 0 Å². The lowest BCUT2D eigenvalue weighted by Crippen LogP contribution is -2.47. The molecule has 162 valence electrons. The van der Waals surface area contributed by atoms with Gasteiger partial charge in [-0.15, -0.1) is 13.2 Å². The Labute approximate surface area is 176 Å². The summed E-state index contributed by atoms with van der Waals surface area (Å²) >= 11 is 0. The highest BCUT2D eigenvalue weighted by molar-refractivity contribution is 5.47. The quantitative estimate of drug-likeness (QED) is 0.627. The van der Waals surface area contributed by atoms with Crippen molar-refractivity contribution < 1.29 is 17.9 Å². The largest absolute Gasteiger partial charge is 0.573 e. The average molecular weight is 419 g/mol. The zero-order valence-electron chi connectivity index (χ0n) is 17.1. The minimum atomic E-state index is -4.65. The van der Waals surface area contributed by atoms with Crippen molar-refractivity contribution in [2.45, 2.75) is 62.9 Å². The van der Waals surface area contributed by atoms with E-state index in [4.69, 9.17) is 0 Å². The molecule has 0 amide bonds. The highest BCUT2D eigenvalue weighted by Gasteiger charge is 2.33. The van der Waals surface area contributed by atoms with Crippen molar-refractivity contribution in [3.05, 3.63) is 60.2 Å². The summed E-state index contributed by atoms with van der Waals surface area (Å²) in [4.78, 5) is 2.66. The van der Waals surface area contributed by atoms with Crippen LogP contribution in [-0.2, 0) is 0 Å². The zero-order valence-corrected chi connectivity index (χ0v) is 17.1. The Morgan fingerprint density at radius 1 is 0.833 bits per heavy atom. The standard InChI is InChI=1S/C24H29F3N2O/c25-24(26,27)30-21-12-10-19(11-13-21)28-20-14-16-29(17-15-20)23-9-5-4-8-22(23)18-6-2-1-3-7-18/h1-3,6-7,10-13,20,22-23,28H,4-5,8-9,14-17H2/t22-,23-/m1/s1. The van der Waals surface area contributed by atoms with E-state index in [1.54, 1.807) is 12.1 Å². The van der Waals surface area contributed by atoms with Crippen molar-refractivity contribution in [1.82, 2.24) is 4.90 Å². The second-order valence-corrected chi connectivity index (χ2v) is 8.40. The van der Waals surface area contributed by atoms with Gasteiger partial charge in [0, 0.05) is 30.9 Å². The molecule has 2 aromatic rings. The summed E-state index contributed by atoms with van der Waals surface area (Å²) in [6.07, 6.45) is 2.56. The van der Waals surface area contributed by atoms with Crippen molar-refractivity contribution in [3.8, 4) is 5.75 Å². The molecule has 2 fully saturated rings. The van der Waals surface area contributed by atoms with Gasteiger partial charge >= 0.3 is 6.36 Å². The van der Waals surface area contributed by atoms with Crippen molar-refractivity contribution in [2.24, 2.45) is 0 Å². The molecule has 30 heavy (non-hydrogen) atoms. The molecule has 2 atom stereocenters. The maximum absolute atomic E-state index is 12.3. The van der Waals surface area contributed by atoms with E-state index in [-0.39, 0.29) is 5.75 Å². The van der Waals surface area contributed by atoms with Crippen LogP contribution in [0.3, 0.4) is 0 Å². The lowest BCUT2D eigenvalue weighted by molar-refractivity contribution is -0.274. The lowest BCUT2D eigenvalue weighted by Gasteiger charge is -2.44. The number of hydrogen-bond donors (Lipinski definition) is 1. The molecule has 1 N–H and O–H groups in total. The molecule has 0 spiro atoms. The number of nitrogens with zero attached hydrogens (tertiary/aromatic N) is 1. The predicted octanol–water partition coefficient (Wildman–Crippen LogP) is 6.19. The van der Waals surface area contributed by atoms with Crippen LogP contribution in [0.1, 0.15) is 50.0 Å². The number of rotatable bonds is 5. The van der Waals surface area contributed by atoms with Crippen molar-refractivity contribution >= 4 is 5.69 Å². The van der Waals surface area contributed by atoms with Gasteiger partial charge in [0.2, 0.25) is 0 Å². The van der Waals surface area contributed by atoms with Gasteiger partial charge in [0.25, 0.3) is 0 Å². The predicted molar refractivity (Wildman–Crippen MR) is 113 cm³/mol. The van der Waals surface area contributed by atoms with Crippen molar-refractivity contribution in [1.29, 1.82) is 0 Å². The van der Waals surface area contributed by atoms with Gasteiger partial charge in [0.05, 0.1) is 0 Å². The molecule has 0 aromatic heterocycles. The van der Waals surface area contributed by atoms with Crippen LogP contribution in [-0.4, -0.2) is 36.4 Å². The first-order chi connectivity index (χ1) is 14.5. The van der Waals surface area contributed by atoms with E-state index >= 15 is 0 Å². The molecule has 1 aliphatic heterocycles. The van der Waals surface area contributed by atoms with E-state index < -0.39 is 6.36 Å².